The summed E-state index contributed by atoms with van der Waals surface area (Å²) < 4.78 is 0. The predicted octanol–water partition coefficient (Wildman–Crippen LogP) is 1.71. The van der Waals surface area contributed by atoms with Crippen molar-refractivity contribution in [2.45, 2.75) is 25.3 Å². The first-order valence-electron chi connectivity index (χ1n) is 9.43. The van der Waals surface area contributed by atoms with E-state index in [0.29, 0.717) is 17.9 Å². The number of carbonyl (C=O) groups is 3. The zero-order valence-corrected chi connectivity index (χ0v) is 15.2. The van der Waals surface area contributed by atoms with Crippen molar-refractivity contribution in [3.63, 3.8) is 0 Å². The highest BCUT2D eigenvalue weighted by atomic mass is 16.2. The summed E-state index contributed by atoms with van der Waals surface area (Å²) in [6, 6.07) is 9.26. The molecule has 3 amide bonds. The van der Waals surface area contributed by atoms with Gasteiger partial charge in [-0.1, -0.05) is 18.2 Å². The Morgan fingerprint density at radius 1 is 1.11 bits per heavy atom. The van der Waals surface area contributed by atoms with Gasteiger partial charge in [-0.05, 0) is 48.9 Å². The maximum absolute atomic E-state index is 13.1. The molecular weight excluding hydrogens is 342 g/mol. The fourth-order valence-corrected chi connectivity index (χ4v) is 4.75. The summed E-state index contributed by atoms with van der Waals surface area (Å²) in [6.45, 7) is 2.20. The summed E-state index contributed by atoms with van der Waals surface area (Å²) in [5.74, 6) is -0.158. The number of nitrogens with one attached hydrogen (secondary N) is 1. The van der Waals surface area contributed by atoms with E-state index in [0.717, 1.165) is 36.0 Å². The first-order valence-corrected chi connectivity index (χ1v) is 9.43. The van der Waals surface area contributed by atoms with Crippen LogP contribution in [0.5, 0.6) is 0 Å². The van der Waals surface area contributed by atoms with E-state index in [4.69, 9.17) is 0 Å². The molecule has 138 valence electrons. The first kappa shape index (κ1) is 16.4. The quantitative estimate of drug-likeness (QED) is 0.843. The second-order valence-electron chi connectivity index (χ2n) is 7.91. The van der Waals surface area contributed by atoms with Gasteiger partial charge in [-0.25, -0.2) is 0 Å². The van der Waals surface area contributed by atoms with Gasteiger partial charge in [-0.2, -0.15) is 0 Å². The minimum absolute atomic E-state index is 0.148. The van der Waals surface area contributed by atoms with Crippen molar-refractivity contribution in [3.8, 4) is 0 Å². The normalized spacial score (nSPS) is 23.1. The zero-order chi connectivity index (χ0) is 18.7. The Kier molecular flexibility index (Phi) is 3.59. The Bertz CT molecular complexity index is 994. The summed E-state index contributed by atoms with van der Waals surface area (Å²) in [5.41, 5.74) is 2.70. The van der Waals surface area contributed by atoms with Crippen molar-refractivity contribution < 1.29 is 14.4 Å². The fourth-order valence-electron chi connectivity index (χ4n) is 4.75. The van der Waals surface area contributed by atoms with Gasteiger partial charge in [-0.3, -0.25) is 24.6 Å². The molecule has 6 nitrogen and oxygen atoms in total. The van der Waals surface area contributed by atoms with Crippen LogP contribution in [-0.4, -0.2) is 48.8 Å². The molecule has 0 radical (unpaired) electrons. The van der Waals surface area contributed by atoms with E-state index in [-0.39, 0.29) is 24.1 Å². The highest BCUT2D eigenvalue weighted by molar-refractivity contribution is 6.27. The van der Waals surface area contributed by atoms with Gasteiger partial charge < -0.3 is 4.90 Å². The Hall–Kier alpha value is -2.73. The molecule has 2 aromatic carbocycles. The number of piperidine rings is 1. The Morgan fingerprint density at radius 2 is 1.93 bits per heavy atom. The average molecular weight is 363 g/mol. The molecule has 27 heavy (non-hydrogen) atoms. The number of carbonyl (C=O) groups excluding carboxylic acids is 3. The van der Waals surface area contributed by atoms with Gasteiger partial charge in [0, 0.05) is 30.5 Å². The molecule has 0 aliphatic carbocycles. The van der Waals surface area contributed by atoms with E-state index in [1.165, 1.54) is 5.56 Å². The van der Waals surface area contributed by atoms with E-state index in [1.54, 1.807) is 4.90 Å². The standard InChI is InChI=1S/C21H21N3O3/c1-23-10-12(11-23)9-13-5-6-16-19-14(13)3-2-4-15(19)21(27)24(16)17-7-8-18(25)22-20(17)26/h2-6,12,17H,7-11H2,1H3,(H,22,25,26). The van der Waals surface area contributed by atoms with Gasteiger partial charge in [0.05, 0.1) is 5.69 Å². The van der Waals surface area contributed by atoms with Crippen LogP contribution in [0.1, 0.15) is 28.8 Å². The largest absolute Gasteiger partial charge is 0.306 e. The third kappa shape index (κ3) is 2.47. The lowest BCUT2D eigenvalue weighted by atomic mass is 9.89. The summed E-state index contributed by atoms with van der Waals surface area (Å²) in [5, 5.41) is 4.41. The molecule has 5 rings (SSSR count). The Labute approximate surface area is 157 Å². The molecule has 1 N–H and O–H groups in total. The number of imide groups is 1. The molecule has 0 saturated carbocycles. The number of hydrogen-bond donors (Lipinski definition) is 1. The van der Waals surface area contributed by atoms with Crippen LogP contribution < -0.4 is 10.2 Å². The van der Waals surface area contributed by atoms with Crippen LogP contribution in [0.4, 0.5) is 5.69 Å². The van der Waals surface area contributed by atoms with Crippen LogP contribution in [-0.2, 0) is 16.0 Å². The SMILES string of the molecule is CN1CC(Cc2ccc3c4c(cccc24)C(=O)N3C2CCC(=O)NC2=O)C1. The topological polar surface area (TPSA) is 69.7 Å². The molecule has 1 atom stereocenters. The van der Waals surface area contributed by atoms with Crippen molar-refractivity contribution in [2.75, 3.05) is 25.0 Å². The molecule has 3 aliphatic heterocycles. The second kappa shape index (κ2) is 5.89. The number of hydrogen-bond acceptors (Lipinski definition) is 4. The summed E-state index contributed by atoms with van der Waals surface area (Å²) in [4.78, 5) is 40.8. The molecule has 0 spiro atoms. The van der Waals surface area contributed by atoms with Gasteiger partial charge in [0.1, 0.15) is 6.04 Å². The monoisotopic (exact) mass is 363 g/mol. The molecule has 0 aromatic heterocycles. The summed E-state index contributed by atoms with van der Waals surface area (Å²) in [6.07, 6.45) is 1.62. The third-order valence-corrected chi connectivity index (χ3v) is 5.99. The third-order valence-electron chi connectivity index (χ3n) is 5.99. The number of anilines is 1. The van der Waals surface area contributed by atoms with Crippen molar-refractivity contribution >= 4 is 34.2 Å². The first-order chi connectivity index (χ1) is 13.0. The fraction of sp³-hybridized carbons (Fsp3) is 0.381. The smallest absolute Gasteiger partial charge is 0.259 e. The molecular formula is C21H21N3O3. The van der Waals surface area contributed by atoms with Gasteiger partial charge in [0.2, 0.25) is 11.8 Å². The minimum Gasteiger partial charge on any atom is -0.306 e. The molecule has 2 saturated heterocycles. The van der Waals surface area contributed by atoms with Gasteiger partial charge in [0.15, 0.2) is 0 Å². The van der Waals surface area contributed by atoms with E-state index >= 15 is 0 Å². The maximum atomic E-state index is 13.1. The summed E-state index contributed by atoms with van der Waals surface area (Å²) >= 11 is 0. The molecule has 3 aliphatic rings. The average Bonchev–Trinajstić information content (AvgIpc) is 2.90. The molecule has 2 aromatic rings. The van der Waals surface area contributed by atoms with Gasteiger partial charge in [0.25, 0.3) is 5.91 Å². The van der Waals surface area contributed by atoms with Crippen LogP contribution in [0.3, 0.4) is 0 Å². The zero-order valence-electron chi connectivity index (χ0n) is 15.2. The van der Waals surface area contributed by atoms with E-state index in [9.17, 15) is 14.4 Å². The molecule has 1 unspecified atom stereocenters. The number of rotatable bonds is 3. The highest BCUT2D eigenvalue weighted by Crippen LogP contribution is 2.41. The number of amides is 3. The Morgan fingerprint density at radius 3 is 2.67 bits per heavy atom. The van der Waals surface area contributed by atoms with E-state index in [1.807, 2.05) is 18.2 Å². The second-order valence-corrected chi connectivity index (χ2v) is 7.91. The Balaban J connectivity index is 1.56. The highest BCUT2D eigenvalue weighted by Gasteiger charge is 2.41. The lowest BCUT2D eigenvalue weighted by molar-refractivity contribution is -0.134. The van der Waals surface area contributed by atoms with Crippen LogP contribution in [0, 0.1) is 5.92 Å². The number of likely N-dealkylation sites (tertiary alicyclic amines) is 1. The van der Waals surface area contributed by atoms with Gasteiger partial charge >= 0.3 is 0 Å². The number of nitrogens with zero attached hydrogens (tertiary/aromatic N) is 2. The molecule has 2 fully saturated rings. The molecule has 6 heteroatoms. The van der Waals surface area contributed by atoms with Crippen molar-refractivity contribution in [2.24, 2.45) is 5.92 Å². The van der Waals surface area contributed by atoms with Crippen molar-refractivity contribution in [1.82, 2.24) is 10.2 Å². The lowest BCUT2D eigenvalue weighted by Crippen LogP contribution is -2.53. The molecule has 3 heterocycles. The van der Waals surface area contributed by atoms with E-state index in [2.05, 4.69) is 29.4 Å². The van der Waals surface area contributed by atoms with Crippen LogP contribution in [0.15, 0.2) is 30.3 Å². The van der Waals surface area contributed by atoms with Crippen LogP contribution >= 0.6 is 0 Å². The van der Waals surface area contributed by atoms with E-state index < -0.39 is 6.04 Å². The van der Waals surface area contributed by atoms with Gasteiger partial charge in [-0.15, -0.1) is 0 Å². The van der Waals surface area contributed by atoms with Crippen LogP contribution in [0.25, 0.3) is 10.8 Å². The lowest BCUT2D eigenvalue weighted by Gasteiger charge is -2.36. The molecule has 0 bridgehead atoms. The maximum Gasteiger partial charge on any atom is 0.259 e. The number of benzene rings is 2. The van der Waals surface area contributed by atoms with Crippen molar-refractivity contribution in [1.29, 1.82) is 0 Å². The van der Waals surface area contributed by atoms with Crippen molar-refractivity contribution in [3.05, 3.63) is 41.5 Å². The minimum atomic E-state index is -0.628. The summed E-state index contributed by atoms with van der Waals surface area (Å²) in [7, 11) is 2.13. The predicted molar refractivity (Wildman–Crippen MR) is 102 cm³/mol. The van der Waals surface area contributed by atoms with Crippen LogP contribution in [0.2, 0.25) is 0 Å².